The Kier molecular flexibility index (Phi) is 6.96. The lowest BCUT2D eigenvalue weighted by atomic mass is 9.83. The topological polar surface area (TPSA) is 32.3 Å². The maximum Gasteiger partial charge on any atom is 0.224 e. The zero-order chi connectivity index (χ0) is 22.5. The predicted molar refractivity (Wildman–Crippen MR) is 122 cm³/mol. The fraction of sp³-hybridized carbons (Fsp3) is 0.296. The monoisotopic (exact) mass is 434 g/mol. The Hall–Kier alpha value is -3.05. The Morgan fingerprint density at radius 1 is 1.00 bits per heavy atom. The molecule has 0 aromatic heterocycles. The summed E-state index contributed by atoms with van der Waals surface area (Å²) in [4.78, 5) is 15.2. The van der Waals surface area contributed by atoms with E-state index in [0.29, 0.717) is 18.7 Å². The summed E-state index contributed by atoms with van der Waals surface area (Å²) in [7, 11) is 0. The number of amides is 1. The van der Waals surface area contributed by atoms with Crippen LogP contribution >= 0.6 is 0 Å². The predicted octanol–water partition coefficient (Wildman–Crippen LogP) is 5.20. The molecule has 0 aliphatic carbocycles. The minimum atomic E-state index is -0.315. The highest BCUT2D eigenvalue weighted by atomic mass is 19.1. The minimum Gasteiger partial charge on any atom is -0.352 e. The van der Waals surface area contributed by atoms with Crippen molar-refractivity contribution >= 4 is 5.91 Å². The van der Waals surface area contributed by atoms with Crippen LogP contribution in [0, 0.1) is 24.5 Å². The first-order valence-electron chi connectivity index (χ1n) is 11.0. The lowest BCUT2D eigenvalue weighted by Gasteiger charge is -2.37. The van der Waals surface area contributed by atoms with E-state index in [1.54, 1.807) is 24.3 Å². The molecule has 166 valence electrons. The van der Waals surface area contributed by atoms with Gasteiger partial charge in [-0.25, -0.2) is 8.78 Å². The van der Waals surface area contributed by atoms with Crippen LogP contribution in [-0.4, -0.2) is 23.9 Å². The van der Waals surface area contributed by atoms with Gasteiger partial charge in [-0.05, 0) is 48.6 Å². The molecule has 5 heteroatoms. The summed E-state index contributed by atoms with van der Waals surface area (Å²) >= 11 is 0. The average Bonchev–Trinajstić information content (AvgIpc) is 2.79. The van der Waals surface area contributed by atoms with Gasteiger partial charge < -0.3 is 5.32 Å². The number of carbonyl (C=O) groups is 1. The molecule has 0 bridgehead atoms. The zero-order valence-electron chi connectivity index (χ0n) is 18.2. The van der Waals surface area contributed by atoms with Gasteiger partial charge in [0.2, 0.25) is 5.91 Å². The highest BCUT2D eigenvalue weighted by Gasteiger charge is 2.32. The number of rotatable bonds is 6. The molecule has 3 aromatic carbocycles. The van der Waals surface area contributed by atoms with Gasteiger partial charge in [-0.1, -0.05) is 60.2 Å². The molecule has 1 N–H and O–H groups in total. The van der Waals surface area contributed by atoms with E-state index in [2.05, 4.69) is 35.3 Å². The van der Waals surface area contributed by atoms with Crippen LogP contribution in [0.3, 0.4) is 0 Å². The quantitative estimate of drug-likeness (QED) is 0.579. The summed E-state index contributed by atoms with van der Waals surface area (Å²) in [5.74, 6) is -0.637. The summed E-state index contributed by atoms with van der Waals surface area (Å²) in [5, 5.41) is 2.97. The number of hydrogen-bond acceptors (Lipinski definition) is 2. The van der Waals surface area contributed by atoms with E-state index in [0.717, 1.165) is 18.5 Å². The number of nitrogens with zero attached hydrogens (tertiary/aromatic N) is 1. The molecule has 1 amide bonds. The molecule has 1 aliphatic rings. The van der Waals surface area contributed by atoms with Crippen LogP contribution in [0.15, 0.2) is 72.8 Å². The highest BCUT2D eigenvalue weighted by molar-refractivity contribution is 5.79. The maximum absolute atomic E-state index is 14.3. The third-order valence-corrected chi connectivity index (χ3v) is 6.12. The third kappa shape index (κ3) is 5.60. The normalized spacial score (nSPS) is 19.0. The van der Waals surface area contributed by atoms with Crippen LogP contribution in [0.25, 0.3) is 0 Å². The van der Waals surface area contributed by atoms with Gasteiger partial charge in [-0.2, -0.15) is 0 Å². The average molecular weight is 435 g/mol. The number of nitrogens with one attached hydrogen (secondary N) is 1. The van der Waals surface area contributed by atoms with Crippen molar-refractivity contribution in [2.45, 2.75) is 32.4 Å². The Morgan fingerprint density at radius 2 is 1.81 bits per heavy atom. The van der Waals surface area contributed by atoms with Crippen LogP contribution in [0.1, 0.15) is 34.6 Å². The van der Waals surface area contributed by atoms with Crippen molar-refractivity contribution in [3.8, 4) is 0 Å². The number of aryl methyl sites for hydroxylation is 1. The molecule has 2 atom stereocenters. The van der Waals surface area contributed by atoms with Crippen molar-refractivity contribution in [2.24, 2.45) is 5.92 Å². The van der Waals surface area contributed by atoms with Crippen LogP contribution in [-0.2, 0) is 17.9 Å². The molecule has 0 radical (unpaired) electrons. The Bertz CT molecular complexity index is 1080. The number of halogens is 2. The van der Waals surface area contributed by atoms with Gasteiger partial charge in [-0.3, -0.25) is 9.69 Å². The molecule has 32 heavy (non-hydrogen) atoms. The van der Waals surface area contributed by atoms with Gasteiger partial charge in [0.25, 0.3) is 0 Å². The molecule has 1 aliphatic heterocycles. The van der Waals surface area contributed by atoms with Gasteiger partial charge in [0.1, 0.15) is 11.6 Å². The van der Waals surface area contributed by atoms with Gasteiger partial charge in [-0.15, -0.1) is 0 Å². The second-order valence-corrected chi connectivity index (χ2v) is 8.68. The Labute approximate surface area is 188 Å². The van der Waals surface area contributed by atoms with Crippen LogP contribution in [0.4, 0.5) is 8.78 Å². The van der Waals surface area contributed by atoms with E-state index in [9.17, 15) is 13.6 Å². The number of piperidine rings is 1. The standard InChI is InChI=1S/C27H28F2N2O/c1-19-6-4-9-21(12-19)23-14-24(27(32)30-15-20-7-5-10-25(28)13-20)18-31(17-23)16-22-8-2-3-11-26(22)29/h2-13,23-24H,14-18H2,1H3,(H,30,32)/t23-,24-/m0/s1. The van der Waals surface area contributed by atoms with Crippen molar-refractivity contribution in [2.75, 3.05) is 13.1 Å². The molecule has 0 spiro atoms. The summed E-state index contributed by atoms with van der Waals surface area (Å²) in [6.45, 7) is 4.14. The zero-order valence-corrected chi connectivity index (χ0v) is 18.2. The fourth-order valence-corrected chi connectivity index (χ4v) is 4.52. The molecule has 1 saturated heterocycles. The molecule has 1 fully saturated rings. The minimum absolute atomic E-state index is 0.0508. The lowest BCUT2D eigenvalue weighted by molar-refractivity contribution is -0.127. The second kappa shape index (κ2) is 10.0. The van der Waals surface area contributed by atoms with E-state index in [1.165, 1.54) is 29.3 Å². The number of carbonyl (C=O) groups excluding carboxylic acids is 1. The maximum atomic E-state index is 14.3. The summed E-state index contributed by atoms with van der Waals surface area (Å²) in [6.07, 6.45) is 0.728. The summed E-state index contributed by atoms with van der Waals surface area (Å²) in [6, 6.07) is 21.4. The number of benzene rings is 3. The van der Waals surface area contributed by atoms with Gasteiger partial charge in [0.15, 0.2) is 0 Å². The first kappa shape index (κ1) is 22.2. The van der Waals surface area contributed by atoms with Gasteiger partial charge >= 0.3 is 0 Å². The van der Waals surface area contributed by atoms with Crippen molar-refractivity contribution in [3.63, 3.8) is 0 Å². The first-order chi connectivity index (χ1) is 15.5. The van der Waals surface area contributed by atoms with Gasteiger partial charge in [0.05, 0.1) is 5.92 Å². The molecular weight excluding hydrogens is 406 g/mol. The number of likely N-dealkylation sites (tertiary alicyclic amines) is 1. The lowest BCUT2D eigenvalue weighted by Crippen LogP contribution is -2.45. The van der Waals surface area contributed by atoms with Crippen molar-refractivity contribution in [3.05, 3.63) is 107 Å². The summed E-state index contributed by atoms with van der Waals surface area (Å²) < 4.78 is 27.7. The molecule has 0 unspecified atom stereocenters. The molecule has 3 aromatic rings. The SMILES string of the molecule is Cc1cccc([C@H]2C[C@H](C(=O)NCc3cccc(F)c3)CN(Cc3ccccc3F)C2)c1. The molecule has 3 nitrogen and oxygen atoms in total. The van der Waals surface area contributed by atoms with Crippen LogP contribution < -0.4 is 5.32 Å². The van der Waals surface area contributed by atoms with E-state index < -0.39 is 0 Å². The van der Waals surface area contributed by atoms with Crippen molar-refractivity contribution in [1.82, 2.24) is 10.2 Å². The first-order valence-corrected chi connectivity index (χ1v) is 11.0. The second-order valence-electron chi connectivity index (χ2n) is 8.68. The van der Waals surface area contributed by atoms with Gasteiger partial charge in [0, 0.05) is 31.7 Å². The van der Waals surface area contributed by atoms with E-state index in [1.807, 2.05) is 12.1 Å². The molecule has 1 heterocycles. The van der Waals surface area contributed by atoms with E-state index in [-0.39, 0.29) is 35.9 Å². The van der Waals surface area contributed by atoms with Crippen LogP contribution in [0.2, 0.25) is 0 Å². The van der Waals surface area contributed by atoms with Crippen molar-refractivity contribution < 1.29 is 13.6 Å². The molecular formula is C27H28F2N2O. The highest BCUT2D eigenvalue weighted by Crippen LogP contribution is 2.32. The summed E-state index contributed by atoms with van der Waals surface area (Å²) in [5.41, 5.74) is 3.75. The van der Waals surface area contributed by atoms with Crippen LogP contribution in [0.5, 0.6) is 0 Å². The van der Waals surface area contributed by atoms with E-state index in [4.69, 9.17) is 0 Å². The third-order valence-electron chi connectivity index (χ3n) is 6.12. The van der Waals surface area contributed by atoms with E-state index >= 15 is 0 Å². The Morgan fingerprint density at radius 3 is 2.59 bits per heavy atom. The largest absolute Gasteiger partial charge is 0.352 e. The van der Waals surface area contributed by atoms with Crippen molar-refractivity contribution in [1.29, 1.82) is 0 Å². The Balaban J connectivity index is 1.50. The fourth-order valence-electron chi connectivity index (χ4n) is 4.52. The number of hydrogen-bond donors (Lipinski definition) is 1. The smallest absolute Gasteiger partial charge is 0.224 e. The molecule has 4 rings (SSSR count). The molecule has 0 saturated carbocycles.